The van der Waals surface area contributed by atoms with E-state index in [0.29, 0.717) is 12.2 Å². The van der Waals surface area contributed by atoms with Crippen molar-refractivity contribution in [3.63, 3.8) is 0 Å². The fourth-order valence-corrected chi connectivity index (χ4v) is 3.08. The van der Waals surface area contributed by atoms with Gasteiger partial charge < -0.3 is 15.5 Å². The Morgan fingerprint density at radius 3 is 2.67 bits per heavy atom. The van der Waals surface area contributed by atoms with E-state index in [4.69, 9.17) is 0 Å². The number of nitro benzene ring substituents is 1. The molecule has 0 aromatic heterocycles. The van der Waals surface area contributed by atoms with E-state index in [2.05, 4.69) is 10.6 Å². The minimum absolute atomic E-state index is 0.0131. The van der Waals surface area contributed by atoms with E-state index in [1.807, 2.05) is 18.2 Å². The summed E-state index contributed by atoms with van der Waals surface area (Å²) in [6, 6.07) is 10.9. The number of nitrogens with one attached hydrogen (secondary N) is 2. The maximum absolute atomic E-state index is 12.4. The molecular weight excluding hydrogens is 348 g/mol. The number of amides is 2. The number of nitro groups is 1. The van der Waals surface area contributed by atoms with Gasteiger partial charge in [-0.15, -0.1) is 0 Å². The zero-order valence-electron chi connectivity index (χ0n) is 15.1. The summed E-state index contributed by atoms with van der Waals surface area (Å²) in [5, 5.41) is 16.6. The summed E-state index contributed by atoms with van der Waals surface area (Å²) in [4.78, 5) is 36.0. The van der Waals surface area contributed by atoms with Gasteiger partial charge in [0.15, 0.2) is 0 Å². The average Bonchev–Trinajstić information content (AvgIpc) is 3.05. The summed E-state index contributed by atoms with van der Waals surface area (Å²) in [5.41, 5.74) is 3.03. The van der Waals surface area contributed by atoms with Gasteiger partial charge in [0.1, 0.15) is 6.04 Å². The maximum Gasteiger partial charge on any atom is 0.271 e. The van der Waals surface area contributed by atoms with E-state index in [0.717, 1.165) is 23.4 Å². The lowest BCUT2D eigenvalue weighted by molar-refractivity contribution is -0.384. The van der Waals surface area contributed by atoms with Crippen LogP contribution in [0, 0.1) is 10.1 Å². The number of fused-ring (bicyclic) bond motifs is 1. The standard InChI is InChI=1S/C19H20N4O4/c1-12(19(25)21-15-4-3-5-17(11-15)23(26)27)20-16-6-7-18-14(10-16)8-9-22(18)13(2)24/h3-7,10-12,20H,8-9H2,1-2H3,(H,21,25)/t12-/m0/s1. The van der Waals surface area contributed by atoms with E-state index in [1.165, 1.54) is 18.2 Å². The van der Waals surface area contributed by atoms with Crippen molar-refractivity contribution in [2.45, 2.75) is 26.3 Å². The monoisotopic (exact) mass is 368 g/mol. The quantitative estimate of drug-likeness (QED) is 0.624. The molecule has 27 heavy (non-hydrogen) atoms. The molecule has 8 heteroatoms. The van der Waals surface area contributed by atoms with Crippen LogP contribution in [0.4, 0.5) is 22.7 Å². The highest BCUT2D eigenvalue weighted by molar-refractivity contribution is 5.97. The lowest BCUT2D eigenvalue weighted by Gasteiger charge is -2.17. The van der Waals surface area contributed by atoms with Gasteiger partial charge in [-0.1, -0.05) is 6.07 Å². The van der Waals surface area contributed by atoms with Crippen LogP contribution in [0.15, 0.2) is 42.5 Å². The SMILES string of the molecule is CC(=O)N1CCc2cc(N[C@@H](C)C(=O)Nc3cccc([N+](=O)[O-])c3)ccc21. The molecule has 0 spiro atoms. The van der Waals surface area contributed by atoms with Crippen molar-refractivity contribution in [3.05, 3.63) is 58.1 Å². The molecule has 0 bridgehead atoms. The lowest BCUT2D eigenvalue weighted by atomic mass is 10.1. The minimum Gasteiger partial charge on any atom is -0.374 e. The lowest BCUT2D eigenvalue weighted by Crippen LogP contribution is -2.31. The predicted octanol–water partition coefficient (Wildman–Crippen LogP) is 2.94. The van der Waals surface area contributed by atoms with E-state index >= 15 is 0 Å². The number of carbonyl (C=O) groups is 2. The maximum atomic E-state index is 12.4. The van der Waals surface area contributed by atoms with Crippen molar-refractivity contribution in [2.24, 2.45) is 0 Å². The molecule has 0 aliphatic carbocycles. The van der Waals surface area contributed by atoms with Crippen molar-refractivity contribution >= 4 is 34.6 Å². The van der Waals surface area contributed by atoms with E-state index < -0.39 is 11.0 Å². The van der Waals surface area contributed by atoms with Gasteiger partial charge >= 0.3 is 0 Å². The molecule has 3 rings (SSSR count). The Morgan fingerprint density at radius 1 is 1.19 bits per heavy atom. The molecule has 2 amide bonds. The summed E-state index contributed by atoms with van der Waals surface area (Å²) in [6.07, 6.45) is 0.776. The van der Waals surface area contributed by atoms with Gasteiger partial charge in [0.25, 0.3) is 5.69 Å². The highest BCUT2D eigenvalue weighted by Gasteiger charge is 2.23. The number of carbonyl (C=O) groups excluding carboxylic acids is 2. The van der Waals surface area contributed by atoms with E-state index in [9.17, 15) is 19.7 Å². The van der Waals surface area contributed by atoms with Gasteiger partial charge in [-0.25, -0.2) is 0 Å². The van der Waals surface area contributed by atoms with E-state index in [1.54, 1.807) is 24.8 Å². The van der Waals surface area contributed by atoms with Crippen LogP contribution < -0.4 is 15.5 Å². The number of hydrogen-bond donors (Lipinski definition) is 2. The molecule has 0 unspecified atom stereocenters. The molecule has 1 atom stereocenters. The third-order valence-corrected chi connectivity index (χ3v) is 4.46. The first-order valence-electron chi connectivity index (χ1n) is 8.58. The van der Waals surface area contributed by atoms with Crippen LogP contribution in [0.3, 0.4) is 0 Å². The van der Waals surface area contributed by atoms with Gasteiger partial charge in [-0.3, -0.25) is 19.7 Å². The van der Waals surface area contributed by atoms with Crippen LogP contribution in [0.5, 0.6) is 0 Å². The molecule has 1 aliphatic heterocycles. The van der Waals surface area contributed by atoms with Crippen molar-refractivity contribution in [1.29, 1.82) is 0 Å². The summed E-state index contributed by atoms with van der Waals surface area (Å²) in [6.45, 7) is 3.92. The Bertz CT molecular complexity index is 912. The van der Waals surface area contributed by atoms with E-state index in [-0.39, 0.29) is 17.5 Å². The zero-order valence-corrected chi connectivity index (χ0v) is 15.1. The second-order valence-corrected chi connectivity index (χ2v) is 6.43. The molecule has 140 valence electrons. The fourth-order valence-electron chi connectivity index (χ4n) is 3.08. The topological polar surface area (TPSA) is 105 Å². The smallest absolute Gasteiger partial charge is 0.271 e. The average molecular weight is 368 g/mol. The van der Waals surface area contributed by atoms with Crippen LogP contribution in [0.1, 0.15) is 19.4 Å². The van der Waals surface area contributed by atoms with Crippen LogP contribution >= 0.6 is 0 Å². The Labute approximate surface area is 156 Å². The molecule has 2 N–H and O–H groups in total. The molecule has 2 aromatic carbocycles. The van der Waals surface area contributed by atoms with Crippen LogP contribution in [0.2, 0.25) is 0 Å². The van der Waals surface area contributed by atoms with Crippen molar-refractivity contribution in [2.75, 3.05) is 22.1 Å². The van der Waals surface area contributed by atoms with Crippen molar-refractivity contribution in [3.8, 4) is 0 Å². The van der Waals surface area contributed by atoms with Crippen LogP contribution in [-0.2, 0) is 16.0 Å². The van der Waals surface area contributed by atoms with Crippen LogP contribution in [0.25, 0.3) is 0 Å². The first-order chi connectivity index (χ1) is 12.8. The molecule has 0 fully saturated rings. The van der Waals surface area contributed by atoms with Crippen molar-refractivity contribution in [1.82, 2.24) is 0 Å². The summed E-state index contributed by atoms with van der Waals surface area (Å²) in [5.74, 6) is -0.291. The summed E-state index contributed by atoms with van der Waals surface area (Å²) >= 11 is 0. The highest BCUT2D eigenvalue weighted by atomic mass is 16.6. The second kappa shape index (κ2) is 7.45. The number of rotatable bonds is 5. The molecule has 2 aromatic rings. The van der Waals surface area contributed by atoms with Gasteiger partial charge in [0, 0.05) is 42.7 Å². The molecule has 0 saturated heterocycles. The Kier molecular flexibility index (Phi) is 5.07. The number of anilines is 3. The molecular formula is C19H20N4O4. The Hall–Kier alpha value is -3.42. The summed E-state index contributed by atoms with van der Waals surface area (Å²) < 4.78 is 0. The number of hydrogen-bond acceptors (Lipinski definition) is 5. The number of benzene rings is 2. The highest BCUT2D eigenvalue weighted by Crippen LogP contribution is 2.30. The fraction of sp³-hybridized carbons (Fsp3) is 0.263. The molecule has 0 saturated carbocycles. The first-order valence-corrected chi connectivity index (χ1v) is 8.58. The van der Waals surface area contributed by atoms with Crippen molar-refractivity contribution < 1.29 is 14.5 Å². The Balaban J connectivity index is 1.66. The third-order valence-electron chi connectivity index (χ3n) is 4.46. The van der Waals surface area contributed by atoms with Gasteiger partial charge in [-0.2, -0.15) is 0 Å². The van der Waals surface area contributed by atoms with Gasteiger partial charge in [0.2, 0.25) is 11.8 Å². The number of non-ortho nitro benzene ring substituents is 1. The molecule has 0 radical (unpaired) electrons. The molecule has 1 aliphatic rings. The predicted molar refractivity (Wildman–Crippen MR) is 103 cm³/mol. The van der Waals surface area contributed by atoms with Gasteiger partial charge in [0.05, 0.1) is 4.92 Å². The minimum atomic E-state index is -0.548. The largest absolute Gasteiger partial charge is 0.374 e. The second-order valence-electron chi connectivity index (χ2n) is 6.43. The third kappa shape index (κ3) is 4.05. The first kappa shape index (κ1) is 18.4. The summed E-state index contributed by atoms with van der Waals surface area (Å²) in [7, 11) is 0. The van der Waals surface area contributed by atoms with Crippen LogP contribution in [-0.4, -0.2) is 29.3 Å². The normalized spacial score (nSPS) is 13.6. The molecule has 8 nitrogen and oxygen atoms in total. The van der Waals surface area contributed by atoms with Gasteiger partial charge in [-0.05, 0) is 43.2 Å². The number of nitrogens with zero attached hydrogens (tertiary/aromatic N) is 2. The molecule has 1 heterocycles. The zero-order chi connectivity index (χ0) is 19.6. The Morgan fingerprint density at radius 2 is 1.96 bits per heavy atom.